The molecule has 1 amide bonds. The summed E-state index contributed by atoms with van der Waals surface area (Å²) in [6, 6.07) is 13.1. The van der Waals surface area contributed by atoms with Crippen molar-refractivity contribution in [1.82, 2.24) is 14.7 Å². The molecule has 1 saturated heterocycles. The van der Waals surface area contributed by atoms with Crippen molar-refractivity contribution in [2.75, 3.05) is 13.1 Å². The monoisotopic (exact) mass is 397 g/mol. The largest absolute Gasteiger partial charge is 0.340 e. The minimum Gasteiger partial charge on any atom is -0.340 e. The van der Waals surface area contributed by atoms with Crippen LogP contribution in [0.15, 0.2) is 58.7 Å². The van der Waals surface area contributed by atoms with Crippen LogP contribution in [-0.2, 0) is 11.2 Å². The number of carbonyl (C=O) groups excluding carboxylic acids is 1. The van der Waals surface area contributed by atoms with Crippen molar-refractivity contribution in [3.8, 4) is 10.6 Å². The lowest BCUT2D eigenvalue weighted by molar-refractivity contribution is -0.132. The lowest BCUT2D eigenvalue weighted by Gasteiger charge is -2.33. The molecule has 0 unspecified atom stereocenters. The number of hydrogen-bond donors (Lipinski definition) is 0. The first-order chi connectivity index (χ1) is 13.6. The van der Waals surface area contributed by atoms with E-state index in [4.69, 9.17) is 0 Å². The van der Waals surface area contributed by atoms with Crippen LogP contribution in [0.5, 0.6) is 0 Å². The van der Waals surface area contributed by atoms with E-state index in [9.17, 15) is 14.0 Å². The topological polar surface area (TPSA) is 55.2 Å². The predicted octanol–water partition coefficient (Wildman–Crippen LogP) is 3.52. The Labute approximate surface area is 166 Å². The van der Waals surface area contributed by atoms with Crippen LogP contribution in [0.4, 0.5) is 4.39 Å². The number of benzene rings is 1. The van der Waals surface area contributed by atoms with Gasteiger partial charge in [0.05, 0.1) is 17.3 Å². The number of hydrogen-bond acceptors (Lipinski definition) is 4. The minimum atomic E-state index is -0.344. The van der Waals surface area contributed by atoms with Gasteiger partial charge in [0.1, 0.15) is 11.5 Å². The van der Waals surface area contributed by atoms with E-state index < -0.39 is 0 Å². The van der Waals surface area contributed by atoms with E-state index in [1.54, 1.807) is 34.4 Å². The fourth-order valence-electron chi connectivity index (χ4n) is 3.56. The number of carbonyl (C=O) groups is 1. The smallest absolute Gasteiger partial charge is 0.267 e. The second-order valence-corrected chi connectivity index (χ2v) is 7.87. The van der Waals surface area contributed by atoms with E-state index >= 15 is 0 Å². The van der Waals surface area contributed by atoms with Crippen molar-refractivity contribution in [1.29, 1.82) is 0 Å². The van der Waals surface area contributed by atoms with Gasteiger partial charge in [-0.15, -0.1) is 11.3 Å². The van der Waals surface area contributed by atoms with E-state index in [1.165, 1.54) is 22.9 Å². The summed E-state index contributed by atoms with van der Waals surface area (Å²) in [6.45, 7) is 1.08. The zero-order chi connectivity index (χ0) is 19.5. The van der Waals surface area contributed by atoms with Crippen molar-refractivity contribution in [2.24, 2.45) is 0 Å². The van der Waals surface area contributed by atoms with E-state index in [-0.39, 0.29) is 29.7 Å². The number of thiophene rings is 1. The lowest BCUT2D eigenvalue weighted by Crippen LogP contribution is -2.44. The van der Waals surface area contributed by atoms with Crippen LogP contribution in [-0.4, -0.2) is 33.7 Å². The molecule has 1 aromatic carbocycles. The second-order valence-electron chi connectivity index (χ2n) is 6.92. The quantitative estimate of drug-likeness (QED) is 0.677. The van der Waals surface area contributed by atoms with Gasteiger partial charge in [-0.3, -0.25) is 9.59 Å². The Bertz CT molecular complexity index is 1030. The summed E-state index contributed by atoms with van der Waals surface area (Å²) in [5.41, 5.74) is 1.25. The number of aromatic nitrogens is 2. The van der Waals surface area contributed by atoms with Gasteiger partial charge in [-0.2, -0.15) is 5.10 Å². The highest BCUT2D eigenvalue weighted by molar-refractivity contribution is 7.13. The number of piperidine rings is 1. The summed E-state index contributed by atoms with van der Waals surface area (Å²) in [5, 5.41) is 6.53. The summed E-state index contributed by atoms with van der Waals surface area (Å²) in [5.74, 6) is -0.402. The molecule has 0 N–H and O–H groups in total. The number of nitrogens with zero attached hydrogens (tertiary/aromatic N) is 3. The zero-order valence-corrected chi connectivity index (χ0v) is 16.1. The van der Waals surface area contributed by atoms with E-state index in [0.717, 1.165) is 23.4 Å². The summed E-state index contributed by atoms with van der Waals surface area (Å²) in [4.78, 5) is 27.9. The zero-order valence-electron chi connectivity index (χ0n) is 15.3. The van der Waals surface area contributed by atoms with Gasteiger partial charge in [0.2, 0.25) is 5.91 Å². The Balaban J connectivity index is 1.51. The maximum atomic E-state index is 13.4. The molecule has 1 aliphatic heterocycles. The molecule has 0 bridgehead atoms. The lowest BCUT2D eigenvalue weighted by atomic mass is 10.0. The van der Waals surface area contributed by atoms with Crippen LogP contribution < -0.4 is 5.56 Å². The summed E-state index contributed by atoms with van der Waals surface area (Å²) in [7, 11) is 0. The molecule has 28 heavy (non-hydrogen) atoms. The van der Waals surface area contributed by atoms with Crippen LogP contribution in [0.1, 0.15) is 24.4 Å². The third-order valence-electron chi connectivity index (χ3n) is 4.94. The minimum absolute atomic E-state index is 0.0576. The highest BCUT2D eigenvalue weighted by Crippen LogP contribution is 2.24. The van der Waals surface area contributed by atoms with Crippen LogP contribution in [0, 0.1) is 5.82 Å². The fourth-order valence-corrected chi connectivity index (χ4v) is 4.25. The van der Waals surface area contributed by atoms with Crippen molar-refractivity contribution >= 4 is 17.2 Å². The number of rotatable bonds is 4. The van der Waals surface area contributed by atoms with Gasteiger partial charge in [0.15, 0.2) is 0 Å². The average Bonchev–Trinajstić information content (AvgIpc) is 3.23. The van der Waals surface area contributed by atoms with Gasteiger partial charge in [-0.05, 0) is 48.1 Å². The number of amides is 1. The molecule has 2 aromatic heterocycles. The molecule has 0 saturated carbocycles. The van der Waals surface area contributed by atoms with Gasteiger partial charge in [-0.25, -0.2) is 9.07 Å². The first kappa shape index (κ1) is 18.6. The van der Waals surface area contributed by atoms with Gasteiger partial charge >= 0.3 is 0 Å². The Morgan fingerprint density at radius 2 is 2.11 bits per heavy atom. The summed E-state index contributed by atoms with van der Waals surface area (Å²) < 4.78 is 14.9. The molecule has 3 aromatic rings. The van der Waals surface area contributed by atoms with Gasteiger partial charge < -0.3 is 4.90 Å². The Morgan fingerprint density at radius 1 is 1.21 bits per heavy atom. The van der Waals surface area contributed by atoms with Gasteiger partial charge in [0, 0.05) is 19.2 Å². The molecule has 144 valence electrons. The van der Waals surface area contributed by atoms with Crippen molar-refractivity contribution < 1.29 is 9.18 Å². The Kier molecular flexibility index (Phi) is 5.34. The van der Waals surface area contributed by atoms with Gasteiger partial charge in [0.25, 0.3) is 5.56 Å². The molecule has 7 heteroatoms. The van der Waals surface area contributed by atoms with Crippen LogP contribution in [0.2, 0.25) is 0 Å². The van der Waals surface area contributed by atoms with E-state index in [2.05, 4.69) is 5.10 Å². The Morgan fingerprint density at radius 3 is 2.89 bits per heavy atom. The van der Waals surface area contributed by atoms with E-state index in [1.807, 2.05) is 17.5 Å². The molecule has 0 spiro atoms. The first-order valence-electron chi connectivity index (χ1n) is 9.26. The Hall–Kier alpha value is -2.80. The van der Waals surface area contributed by atoms with Crippen LogP contribution in [0.3, 0.4) is 0 Å². The molecule has 1 aliphatic rings. The molecular weight excluding hydrogens is 377 g/mol. The van der Waals surface area contributed by atoms with Gasteiger partial charge in [-0.1, -0.05) is 18.2 Å². The second kappa shape index (κ2) is 8.06. The molecule has 3 heterocycles. The third-order valence-corrected chi connectivity index (χ3v) is 5.83. The molecule has 5 nitrogen and oxygen atoms in total. The predicted molar refractivity (Wildman–Crippen MR) is 107 cm³/mol. The first-order valence-corrected chi connectivity index (χ1v) is 10.1. The number of halogens is 1. The SMILES string of the molecule is O=C(Cc1cccc(F)c1)N1CCC[C@H](n2nc(-c3cccs3)ccc2=O)C1. The standard InChI is InChI=1S/C21H20FN3O2S/c22-16-5-1-4-15(12-16)13-21(27)24-10-2-6-17(14-24)25-20(26)9-8-18(23-25)19-7-3-11-28-19/h1,3-5,7-9,11-12,17H,2,6,10,13-14H2/t17-/m0/s1. The number of likely N-dealkylation sites (tertiary alicyclic amines) is 1. The summed E-state index contributed by atoms with van der Waals surface area (Å²) >= 11 is 1.57. The molecule has 0 aliphatic carbocycles. The van der Waals surface area contributed by atoms with Crippen LogP contribution >= 0.6 is 11.3 Å². The fraction of sp³-hybridized carbons (Fsp3) is 0.286. The maximum absolute atomic E-state index is 13.4. The van der Waals surface area contributed by atoms with Crippen molar-refractivity contribution in [2.45, 2.75) is 25.3 Å². The normalized spacial score (nSPS) is 16.9. The highest BCUT2D eigenvalue weighted by atomic mass is 32.1. The van der Waals surface area contributed by atoms with Crippen LogP contribution in [0.25, 0.3) is 10.6 Å². The molecule has 1 atom stereocenters. The molecular formula is C21H20FN3O2S. The average molecular weight is 397 g/mol. The van der Waals surface area contributed by atoms with Crippen molar-refractivity contribution in [3.63, 3.8) is 0 Å². The molecule has 1 fully saturated rings. The van der Waals surface area contributed by atoms with E-state index in [0.29, 0.717) is 18.7 Å². The third kappa shape index (κ3) is 4.04. The maximum Gasteiger partial charge on any atom is 0.267 e. The molecule has 0 radical (unpaired) electrons. The highest BCUT2D eigenvalue weighted by Gasteiger charge is 2.26. The summed E-state index contributed by atoms with van der Waals surface area (Å²) in [6.07, 6.45) is 1.75. The molecule has 4 rings (SSSR count). The van der Waals surface area contributed by atoms with Crippen molar-refractivity contribution in [3.05, 3.63) is 75.6 Å².